The second-order valence-electron chi connectivity index (χ2n) is 7.54. The Kier molecular flexibility index (Phi) is 5.21. The fraction of sp³-hybridized carbons (Fsp3) is 0.0345. The van der Waals surface area contributed by atoms with Crippen molar-refractivity contribution in [1.29, 1.82) is 0 Å². The average Bonchev–Trinajstić information content (AvgIpc) is 2.80. The molecule has 0 N–H and O–H groups in total. The zero-order chi connectivity index (χ0) is 20.3. The summed E-state index contributed by atoms with van der Waals surface area (Å²) in [5.41, 5.74) is 7.72. The molecule has 0 saturated carbocycles. The Morgan fingerprint density at radius 3 is 1.80 bits per heavy atom. The van der Waals surface area contributed by atoms with Crippen LogP contribution >= 0.6 is 15.9 Å². The van der Waals surface area contributed by atoms with E-state index in [1.807, 2.05) is 0 Å². The third-order valence-electron chi connectivity index (χ3n) is 5.57. The smallest absolute Gasteiger partial charge is 0.0181 e. The summed E-state index contributed by atoms with van der Waals surface area (Å²) in [7, 11) is 0. The van der Waals surface area contributed by atoms with Crippen molar-refractivity contribution in [2.24, 2.45) is 0 Å². The Balaban J connectivity index is 1.85. The van der Waals surface area contributed by atoms with E-state index in [0.717, 1.165) is 10.9 Å². The predicted molar refractivity (Wildman–Crippen MR) is 132 cm³/mol. The van der Waals surface area contributed by atoms with E-state index in [2.05, 4.69) is 131 Å². The molecule has 30 heavy (non-hydrogen) atoms. The summed E-state index contributed by atoms with van der Waals surface area (Å²) < 4.78 is 1.10. The molecule has 0 aliphatic carbocycles. The lowest BCUT2D eigenvalue weighted by atomic mass is 9.86. The van der Waals surface area contributed by atoms with E-state index in [-0.39, 0.29) is 0 Å². The van der Waals surface area contributed by atoms with Gasteiger partial charge in [-0.05, 0) is 68.8 Å². The summed E-state index contributed by atoms with van der Waals surface area (Å²) in [6.07, 6.45) is 0.911. The van der Waals surface area contributed by atoms with Crippen LogP contribution in [0, 0.1) is 0 Å². The maximum atomic E-state index is 3.71. The Morgan fingerprint density at radius 2 is 1.13 bits per heavy atom. The van der Waals surface area contributed by atoms with Gasteiger partial charge in [-0.3, -0.25) is 0 Å². The van der Waals surface area contributed by atoms with Crippen LogP contribution < -0.4 is 0 Å². The average molecular weight is 449 g/mol. The van der Waals surface area contributed by atoms with Gasteiger partial charge in [-0.15, -0.1) is 0 Å². The van der Waals surface area contributed by atoms with E-state index in [1.54, 1.807) is 0 Å². The highest BCUT2D eigenvalue weighted by Gasteiger charge is 2.16. The molecule has 0 heterocycles. The van der Waals surface area contributed by atoms with Gasteiger partial charge in [-0.1, -0.05) is 113 Å². The molecule has 0 amide bonds. The summed E-state index contributed by atoms with van der Waals surface area (Å²) in [5.74, 6) is 0. The lowest BCUT2D eigenvalue weighted by Crippen LogP contribution is -1.95. The van der Waals surface area contributed by atoms with Gasteiger partial charge in [0.2, 0.25) is 0 Å². The predicted octanol–water partition coefficient (Wildman–Crippen LogP) is 8.53. The Hall–Kier alpha value is -3.16. The van der Waals surface area contributed by atoms with Gasteiger partial charge >= 0.3 is 0 Å². The van der Waals surface area contributed by atoms with Crippen LogP contribution in [-0.4, -0.2) is 0 Å². The largest absolute Gasteiger partial charge is 0.0622 e. The van der Waals surface area contributed by atoms with E-state index in [1.165, 1.54) is 44.2 Å². The highest BCUT2D eigenvalue weighted by atomic mass is 79.9. The van der Waals surface area contributed by atoms with Crippen LogP contribution in [0.4, 0.5) is 0 Å². The molecule has 0 spiro atoms. The second-order valence-corrected chi connectivity index (χ2v) is 8.46. The first-order valence-corrected chi connectivity index (χ1v) is 11.0. The standard InChI is InChI=1S/C29H21Br/c30-25-16-17-26-24(18-21-10-4-1-5-11-21)19-27(22-12-6-2-7-13-22)29(28(26)20-25)23-14-8-3-9-15-23/h1-17,19-20H,18H2. The molecule has 0 aliphatic rings. The van der Waals surface area contributed by atoms with Crippen molar-refractivity contribution in [2.45, 2.75) is 6.42 Å². The minimum atomic E-state index is 0.911. The molecule has 0 aliphatic heterocycles. The first-order chi connectivity index (χ1) is 14.8. The van der Waals surface area contributed by atoms with Gasteiger partial charge < -0.3 is 0 Å². The van der Waals surface area contributed by atoms with Crippen LogP contribution in [0.3, 0.4) is 0 Å². The molecular formula is C29H21Br. The van der Waals surface area contributed by atoms with Crippen molar-refractivity contribution in [3.05, 3.63) is 131 Å². The molecule has 5 aromatic carbocycles. The summed E-state index contributed by atoms with van der Waals surface area (Å²) in [4.78, 5) is 0. The molecule has 0 aromatic heterocycles. The van der Waals surface area contributed by atoms with E-state index in [4.69, 9.17) is 0 Å². The number of halogens is 1. The molecule has 1 heteroatoms. The lowest BCUT2D eigenvalue weighted by Gasteiger charge is -2.18. The summed E-state index contributed by atoms with van der Waals surface area (Å²) in [6, 6.07) is 41.2. The van der Waals surface area contributed by atoms with Gasteiger partial charge in [0.15, 0.2) is 0 Å². The number of hydrogen-bond acceptors (Lipinski definition) is 0. The Bertz CT molecular complexity index is 1290. The number of benzene rings is 5. The molecule has 144 valence electrons. The third kappa shape index (κ3) is 3.69. The SMILES string of the molecule is Brc1ccc2c(Cc3ccccc3)cc(-c3ccccc3)c(-c3ccccc3)c2c1. The number of rotatable bonds is 4. The van der Waals surface area contributed by atoms with Gasteiger partial charge in [0.25, 0.3) is 0 Å². The molecule has 0 fully saturated rings. The van der Waals surface area contributed by atoms with Crippen LogP contribution in [0.25, 0.3) is 33.0 Å². The van der Waals surface area contributed by atoms with Crippen molar-refractivity contribution in [3.8, 4) is 22.3 Å². The molecule has 0 unspecified atom stereocenters. The summed E-state index contributed by atoms with van der Waals surface area (Å²) in [6.45, 7) is 0. The van der Waals surface area contributed by atoms with Crippen LogP contribution in [-0.2, 0) is 6.42 Å². The van der Waals surface area contributed by atoms with E-state index in [0.29, 0.717) is 0 Å². The topological polar surface area (TPSA) is 0 Å². The Labute approximate surface area is 186 Å². The first kappa shape index (κ1) is 18.8. The molecule has 0 atom stereocenters. The maximum absolute atomic E-state index is 3.71. The third-order valence-corrected chi connectivity index (χ3v) is 6.06. The molecule has 5 rings (SSSR count). The van der Waals surface area contributed by atoms with E-state index < -0.39 is 0 Å². The van der Waals surface area contributed by atoms with Gasteiger partial charge in [-0.2, -0.15) is 0 Å². The maximum Gasteiger partial charge on any atom is 0.0181 e. The molecule has 0 nitrogen and oxygen atoms in total. The van der Waals surface area contributed by atoms with Crippen LogP contribution in [0.5, 0.6) is 0 Å². The van der Waals surface area contributed by atoms with Gasteiger partial charge in [0.1, 0.15) is 0 Å². The molecule has 0 saturated heterocycles. The molecule has 0 radical (unpaired) electrons. The van der Waals surface area contributed by atoms with Crippen LogP contribution in [0.15, 0.2) is 120 Å². The molecule has 0 bridgehead atoms. The fourth-order valence-corrected chi connectivity index (χ4v) is 4.56. The number of hydrogen-bond donors (Lipinski definition) is 0. The normalized spacial score (nSPS) is 11.0. The van der Waals surface area contributed by atoms with Crippen molar-refractivity contribution in [3.63, 3.8) is 0 Å². The Morgan fingerprint density at radius 1 is 0.533 bits per heavy atom. The van der Waals surface area contributed by atoms with E-state index >= 15 is 0 Å². The summed E-state index contributed by atoms with van der Waals surface area (Å²) >= 11 is 3.71. The van der Waals surface area contributed by atoms with Gasteiger partial charge in [0, 0.05) is 4.47 Å². The first-order valence-electron chi connectivity index (χ1n) is 10.2. The van der Waals surface area contributed by atoms with Gasteiger partial charge in [-0.25, -0.2) is 0 Å². The van der Waals surface area contributed by atoms with Crippen molar-refractivity contribution < 1.29 is 0 Å². The monoisotopic (exact) mass is 448 g/mol. The zero-order valence-corrected chi connectivity index (χ0v) is 18.1. The highest BCUT2D eigenvalue weighted by Crippen LogP contribution is 2.41. The molecular weight excluding hydrogens is 428 g/mol. The second kappa shape index (κ2) is 8.30. The van der Waals surface area contributed by atoms with Gasteiger partial charge in [0.05, 0.1) is 0 Å². The molecule has 5 aromatic rings. The van der Waals surface area contributed by atoms with Crippen molar-refractivity contribution in [2.75, 3.05) is 0 Å². The number of fused-ring (bicyclic) bond motifs is 1. The van der Waals surface area contributed by atoms with Crippen molar-refractivity contribution in [1.82, 2.24) is 0 Å². The quantitative estimate of drug-likeness (QED) is 0.258. The zero-order valence-electron chi connectivity index (χ0n) is 16.6. The minimum absolute atomic E-state index is 0.911. The highest BCUT2D eigenvalue weighted by molar-refractivity contribution is 9.10. The fourth-order valence-electron chi connectivity index (χ4n) is 4.20. The van der Waals surface area contributed by atoms with Crippen LogP contribution in [0.2, 0.25) is 0 Å². The summed E-state index contributed by atoms with van der Waals surface area (Å²) in [5, 5.41) is 2.59. The lowest BCUT2D eigenvalue weighted by molar-refractivity contribution is 1.21. The van der Waals surface area contributed by atoms with E-state index in [9.17, 15) is 0 Å². The van der Waals surface area contributed by atoms with Crippen molar-refractivity contribution >= 4 is 26.7 Å². The minimum Gasteiger partial charge on any atom is -0.0622 e. The van der Waals surface area contributed by atoms with Crippen LogP contribution in [0.1, 0.15) is 11.1 Å².